The van der Waals surface area contributed by atoms with Crippen LogP contribution >= 0.6 is 0 Å². The monoisotopic (exact) mass is 625 g/mol. The van der Waals surface area contributed by atoms with Crippen LogP contribution in [0.1, 0.15) is 41.7 Å². The van der Waals surface area contributed by atoms with Gasteiger partial charge in [-0.15, -0.1) is 0 Å². The lowest BCUT2D eigenvalue weighted by Gasteiger charge is -2.42. The van der Waals surface area contributed by atoms with Crippen LogP contribution in [0, 0.1) is 20.8 Å². The highest BCUT2D eigenvalue weighted by molar-refractivity contribution is 5.88. The van der Waals surface area contributed by atoms with Gasteiger partial charge in [-0.25, -0.2) is 9.67 Å². The molecule has 2 aromatic heterocycles. The first kappa shape index (κ1) is 29.7. The third-order valence-corrected chi connectivity index (χ3v) is 9.87. The van der Waals surface area contributed by atoms with Crippen LogP contribution in [-0.2, 0) is 12.5 Å². The van der Waals surface area contributed by atoms with Crippen molar-refractivity contribution in [3.05, 3.63) is 156 Å². The van der Waals surface area contributed by atoms with Gasteiger partial charge in [0.2, 0.25) is 0 Å². The second-order valence-corrected chi connectivity index (χ2v) is 13.6. The molecule has 0 bridgehead atoms. The molecule has 0 atom stereocenters. The van der Waals surface area contributed by atoms with Crippen LogP contribution in [-0.4, -0.2) is 19.3 Å². The first-order valence-corrected chi connectivity index (χ1v) is 16.6. The molecule has 3 heterocycles. The number of anilines is 3. The molecule has 1 aliphatic heterocycles. The number of benzene rings is 5. The number of nitrogens with zero attached hydrogens (tertiary/aromatic N) is 5. The molecule has 0 saturated carbocycles. The van der Waals surface area contributed by atoms with E-state index in [1.54, 1.807) is 0 Å². The minimum atomic E-state index is -0.196. The predicted octanol–water partition coefficient (Wildman–Crippen LogP) is 10.6. The maximum atomic E-state index is 5.30. The van der Waals surface area contributed by atoms with Gasteiger partial charge in [-0.1, -0.05) is 98.3 Å². The summed E-state index contributed by atoms with van der Waals surface area (Å²) >= 11 is 0. The number of aromatic nitrogens is 4. The summed E-state index contributed by atoms with van der Waals surface area (Å²) in [6.45, 7) is 11.2. The molecule has 236 valence electrons. The number of aryl methyl sites for hydroxylation is 4. The Balaban J connectivity index is 1.34. The molecule has 1 aliphatic rings. The predicted molar refractivity (Wildman–Crippen MR) is 198 cm³/mol. The fourth-order valence-electron chi connectivity index (χ4n) is 7.66. The molecule has 5 heteroatoms. The van der Waals surface area contributed by atoms with Crippen molar-refractivity contribution in [2.75, 3.05) is 4.90 Å². The van der Waals surface area contributed by atoms with Crippen molar-refractivity contribution < 1.29 is 0 Å². The lowest BCUT2D eigenvalue weighted by Crippen LogP contribution is -2.30. The van der Waals surface area contributed by atoms with Gasteiger partial charge in [0.25, 0.3) is 0 Å². The SMILES string of the molecule is Cc1cc(C)c(-c2cn(-c3ccc4c(c3)N(c3cccc(-c5nccn5C)c3)c3ccccc3C4(C)C)nc2-c2ccccc2)c(C)c1. The highest BCUT2D eigenvalue weighted by Crippen LogP contribution is 2.52. The highest BCUT2D eigenvalue weighted by Gasteiger charge is 2.37. The Morgan fingerprint density at radius 3 is 2.10 bits per heavy atom. The third-order valence-electron chi connectivity index (χ3n) is 9.87. The Morgan fingerprint density at radius 2 is 1.35 bits per heavy atom. The van der Waals surface area contributed by atoms with Crippen molar-refractivity contribution in [1.29, 1.82) is 0 Å². The Labute approximate surface area is 282 Å². The van der Waals surface area contributed by atoms with E-state index in [0.29, 0.717) is 0 Å². The first-order valence-electron chi connectivity index (χ1n) is 16.6. The van der Waals surface area contributed by atoms with Crippen LogP contribution in [0.5, 0.6) is 0 Å². The van der Waals surface area contributed by atoms with Crippen LogP contribution in [0.3, 0.4) is 0 Å². The Hall–Kier alpha value is -5.68. The molecule has 0 saturated heterocycles. The second kappa shape index (κ2) is 11.2. The van der Waals surface area contributed by atoms with E-state index in [0.717, 1.165) is 45.3 Å². The molecule has 5 nitrogen and oxygen atoms in total. The number of fused-ring (bicyclic) bond motifs is 2. The molecule has 7 aromatic rings. The van der Waals surface area contributed by atoms with E-state index in [-0.39, 0.29) is 5.41 Å². The summed E-state index contributed by atoms with van der Waals surface area (Å²) < 4.78 is 4.13. The lowest BCUT2D eigenvalue weighted by molar-refractivity contribution is 0.631. The van der Waals surface area contributed by atoms with Crippen molar-refractivity contribution in [3.8, 4) is 39.5 Å². The van der Waals surface area contributed by atoms with Crippen LogP contribution in [0.4, 0.5) is 17.1 Å². The molecule has 0 fully saturated rings. The highest BCUT2D eigenvalue weighted by atomic mass is 15.3. The van der Waals surface area contributed by atoms with Crippen molar-refractivity contribution in [2.45, 2.75) is 40.0 Å². The second-order valence-electron chi connectivity index (χ2n) is 13.6. The number of rotatable bonds is 5. The van der Waals surface area contributed by atoms with Crippen LogP contribution < -0.4 is 4.90 Å². The fraction of sp³-hybridized carbons (Fsp3) is 0.163. The number of para-hydroxylation sites is 1. The quantitative estimate of drug-likeness (QED) is 0.191. The summed E-state index contributed by atoms with van der Waals surface area (Å²) in [6, 6.07) is 39.4. The standard InChI is InChI=1S/C43H39N5/c1-28-23-29(2)40(30(3)24-28)35-27-47(45-41(35)31-13-8-7-9-14-31)33-19-20-37-39(26-33)48(38-18-11-10-17-36(38)43(37,4)5)34-16-12-15-32(25-34)42-44-21-22-46(42)6/h7-27H,1-6H3. The normalized spacial score (nSPS) is 13.3. The largest absolute Gasteiger partial charge is 0.334 e. The van der Waals surface area contributed by atoms with E-state index in [4.69, 9.17) is 5.10 Å². The minimum absolute atomic E-state index is 0.196. The molecular formula is C43H39N5. The smallest absolute Gasteiger partial charge is 0.139 e. The number of hydrogen-bond acceptors (Lipinski definition) is 3. The third kappa shape index (κ3) is 4.77. The van der Waals surface area contributed by atoms with Gasteiger partial charge in [-0.2, -0.15) is 5.10 Å². The molecule has 0 aliphatic carbocycles. The van der Waals surface area contributed by atoms with E-state index in [1.165, 1.54) is 39.1 Å². The molecule has 0 amide bonds. The molecular weight excluding hydrogens is 587 g/mol. The van der Waals surface area contributed by atoms with Crippen molar-refractivity contribution in [1.82, 2.24) is 19.3 Å². The summed E-state index contributed by atoms with van der Waals surface area (Å²) in [5, 5.41) is 5.30. The summed E-state index contributed by atoms with van der Waals surface area (Å²) in [4.78, 5) is 7.05. The van der Waals surface area contributed by atoms with E-state index in [2.05, 4.69) is 169 Å². The van der Waals surface area contributed by atoms with Gasteiger partial charge in [-0.05, 0) is 78.9 Å². The van der Waals surface area contributed by atoms with Crippen molar-refractivity contribution in [3.63, 3.8) is 0 Å². The van der Waals surface area contributed by atoms with Gasteiger partial charge in [-0.3, -0.25) is 0 Å². The number of imidazole rings is 1. The molecule has 8 rings (SSSR count). The molecule has 0 unspecified atom stereocenters. The van der Waals surface area contributed by atoms with Gasteiger partial charge >= 0.3 is 0 Å². The maximum absolute atomic E-state index is 5.30. The van der Waals surface area contributed by atoms with Gasteiger partial charge in [0.05, 0.1) is 17.1 Å². The van der Waals surface area contributed by atoms with E-state index >= 15 is 0 Å². The van der Waals surface area contributed by atoms with Crippen molar-refractivity contribution in [2.24, 2.45) is 7.05 Å². The van der Waals surface area contributed by atoms with Crippen molar-refractivity contribution >= 4 is 17.1 Å². The maximum Gasteiger partial charge on any atom is 0.139 e. The molecule has 0 N–H and O–H groups in total. The van der Waals surface area contributed by atoms with Gasteiger partial charge in [0.15, 0.2) is 0 Å². The van der Waals surface area contributed by atoms with Gasteiger partial charge < -0.3 is 9.47 Å². The van der Waals surface area contributed by atoms with E-state index in [1.807, 2.05) is 19.4 Å². The fourth-order valence-corrected chi connectivity index (χ4v) is 7.66. The van der Waals surface area contributed by atoms with Crippen LogP contribution in [0.15, 0.2) is 128 Å². The summed E-state index contributed by atoms with van der Waals surface area (Å²) in [5.74, 6) is 0.940. The molecule has 0 radical (unpaired) electrons. The Kier molecular flexibility index (Phi) is 6.95. The van der Waals surface area contributed by atoms with E-state index in [9.17, 15) is 0 Å². The molecule has 5 aromatic carbocycles. The molecule has 48 heavy (non-hydrogen) atoms. The first-order chi connectivity index (χ1) is 23.2. The summed E-state index contributed by atoms with van der Waals surface area (Å²) in [5.41, 5.74) is 16.1. The number of hydrogen-bond donors (Lipinski definition) is 0. The van der Waals surface area contributed by atoms with Crippen LogP contribution in [0.2, 0.25) is 0 Å². The summed E-state index contributed by atoms with van der Waals surface area (Å²) in [6.07, 6.45) is 6.05. The zero-order valence-electron chi connectivity index (χ0n) is 28.4. The van der Waals surface area contributed by atoms with E-state index < -0.39 is 0 Å². The van der Waals surface area contributed by atoms with Gasteiger partial charge in [0.1, 0.15) is 11.5 Å². The lowest BCUT2D eigenvalue weighted by atomic mass is 9.73. The van der Waals surface area contributed by atoms with Crippen LogP contribution in [0.25, 0.3) is 39.5 Å². The Morgan fingerprint density at radius 1 is 0.646 bits per heavy atom. The Bertz CT molecular complexity index is 2300. The average Bonchev–Trinajstić information content (AvgIpc) is 3.72. The average molecular weight is 626 g/mol. The van der Waals surface area contributed by atoms with Gasteiger partial charge in [0, 0.05) is 53.4 Å². The zero-order valence-corrected chi connectivity index (χ0v) is 28.4. The molecule has 0 spiro atoms. The zero-order chi connectivity index (χ0) is 33.2. The minimum Gasteiger partial charge on any atom is -0.334 e. The topological polar surface area (TPSA) is 38.9 Å². The summed E-state index contributed by atoms with van der Waals surface area (Å²) in [7, 11) is 2.04.